The highest BCUT2D eigenvalue weighted by molar-refractivity contribution is 5.64. The average Bonchev–Trinajstić information content (AvgIpc) is 2.37. The van der Waals surface area contributed by atoms with Crippen LogP contribution in [0.1, 0.15) is 11.1 Å². The highest BCUT2D eigenvalue weighted by Gasteiger charge is 2.33. The Morgan fingerprint density at radius 2 is 1.63 bits per heavy atom. The molecule has 5 heteroatoms. The monoisotopic (exact) mass is 268 g/mol. The van der Waals surface area contributed by atoms with Crippen LogP contribution in [0.2, 0.25) is 0 Å². The van der Waals surface area contributed by atoms with Gasteiger partial charge in [0.25, 0.3) is 0 Å². The molecule has 0 aliphatic heterocycles. The van der Waals surface area contributed by atoms with Crippen LogP contribution in [-0.4, -0.2) is 0 Å². The molecule has 0 bridgehead atoms. The molecule has 0 fully saturated rings. The van der Waals surface area contributed by atoms with Crippen molar-refractivity contribution in [3.05, 3.63) is 65.1 Å². The SMILES string of the molecule is [NH-]Cc1cccc(-c2ccc(C(F)(F)F)c(F)c2)c1. The first-order valence-electron chi connectivity index (χ1n) is 5.52. The smallest absolute Gasteiger partial charge is 0.419 e. The minimum Gasteiger partial charge on any atom is -0.674 e. The third-order valence-electron chi connectivity index (χ3n) is 2.74. The number of hydrogen-bond acceptors (Lipinski definition) is 0. The van der Waals surface area contributed by atoms with Gasteiger partial charge in [0.15, 0.2) is 0 Å². The van der Waals surface area contributed by atoms with Crippen molar-refractivity contribution in [2.45, 2.75) is 12.7 Å². The van der Waals surface area contributed by atoms with Crippen LogP contribution in [0.25, 0.3) is 16.9 Å². The second-order valence-electron chi connectivity index (χ2n) is 4.07. The van der Waals surface area contributed by atoms with Crippen molar-refractivity contribution in [1.29, 1.82) is 0 Å². The van der Waals surface area contributed by atoms with Crippen molar-refractivity contribution in [1.82, 2.24) is 0 Å². The van der Waals surface area contributed by atoms with Gasteiger partial charge in [-0.15, -0.1) is 6.54 Å². The number of halogens is 4. The largest absolute Gasteiger partial charge is 0.674 e. The molecule has 2 aromatic rings. The van der Waals surface area contributed by atoms with E-state index in [0.717, 1.165) is 17.7 Å². The lowest BCUT2D eigenvalue weighted by molar-refractivity contribution is -0.139. The molecule has 0 heterocycles. The molecule has 0 aliphatic rings. The van der Waals surface area contributed by atoms with Gasteiger partial charge in [0.1, 0.15) is 5.82 Å². The first-order chi connectivity index (χ1) is 8.91. The van der Waals surface area contributed by atoms with Gasteiger partial charge in [0, 0.05) is 0 Å². The van der Waals surface area contributed by atoms with Crippen molar-refractivity contribution in [3.8, 4) is 11.1 Å². The Labute approximate surface area is 107 Å². The molecular weight excluding hydrogens is 258 g/mol. The van der Waals surface area contributed by atoms with E-state index in [2.05, 4.69) is 0 Å². The summed E-state index contributed by atoms with van der Waals surface area (Å²) in [4.78, 5) is 0. The van der Waals surface area contributed by atoms with Gasteiger partial charge in [0.2, 0.25) is 0 Å². The Hall–Kier alpha value is -1.88. The van der Waals surface area contributed by atoms with Crippen molar-refractivity contribution in [2.75, 3.05) is 0 Å². The van der Waals surface area contributed by atoms with Gasteiger partial charge < -0.3 is 5.73 Å². The van der Waals surface area contributed by atoms with E-state index in [1.807, 2.05) is 0 Å². The quantitative estimate of drug-likeness (QED) is 0.679. The molecule has 0 saturated heterocycles. The molecule has 100 valence electrons. The lowest BCUT2D eigenvalue weighted by atomic mass is 10.0. The van der Waals surface area contributed by atoms with Crippen LogP contribution in [0, 0.1) is 5.82 Å². The number of nitrogens with one attached hydrogen (secondary N) is 1. The highest BCUT2D eigenvalue weighted by Crippen LogP contribution is 2.33. The summed E-state index contributed by atoms with van der Waals surface area (Å²) < 4.78 is 50.8. The fourth-order valence-electron chi connectivity index (χ4n) is 1.79. The Bertz CT molecular complexity index is 590. The Kier molecular flexibility index (Phi) is 3.57. The summed E-state index contributed by atoms with van der Waals surface area (Å²) in [6, 6.07) is 9.58. The van der Waals surface area contributed by atoms with Crippen LogP contribution in [0.3, 0.4) is 0 Å². The zero-order chi connectivity index (χ0) is 14.0. The fraction of sp³-hybridized carbons (Fsp3) is 0.143. The summed E-state index contributed by atoms with van der Waals surface area (Å²) in [6.45, 7) is 0.0664. The molecule has 0 amide bonds. The predicted octanol–water partition coefficient (Wildman–Crippen LogP) is 5.06. The molecular formula is C14H10F4N-. The maximum Gasteiger partial charge on any atom is 0.419 e. The zero-order valence-electron chi connectivity index (χ0n) is 9.76. The van der Waals surface area contributed by atoms with Gasteiger partial charge in [-0.2, -0.15) is 13.2 Å². The zero-order valence-corrected chi connectivity index (χ0v) is 9.76. The van der Waals surface area contributed by atoms with E-state index in [-0.39, 0.29) is 6.54 Å². The van der Waals surface area contributed by atoms with E-state index in [9.17, 15) is 17.6 Å². The maximum absolute atomic E-state index is 13.5. The molecule has 0 unspecified atom stereocenters. The number of benzene rings is 2. The van der Waals surface area contributed by atoms with Crippen molar-refractivity contribution in [3.63, 3.8) is 0 Å². The van der Waals surface area contributed by atoms with Crippen molar-refractivity contribution >= 4 is 0 Å². The Morgan fingerprint density at radius 3 is 2.21 bits per heavy atom. The first-order valence-corrected chi connectivity index (χ1v) is 5.52. The summed E-state index contributed by atoms with van der Waals surface area (Å²) in [6.07, 6.45) is -4.69. The Morgan fingerprint density at radius 1 is 0.947 bits per heavy atom. The first kappa shape index (κ1) is 13.5. The van der Waals surface area contributed by atoms with E-state index < -0.39 is 17.6 Å². The summed E-state index contributed by atoms with van der Waals surface area (Å²) >= 11 is 0. The van der Waals surface area contributed by atoms with Crippen LogP contribution < -0.4 is 0 Å². The molecule has 1 N–H and O–H groups in total. The van der Waals surface area contributed by atoms with Crippen LogP contribution >= 0.6 is 0 Å². The molecule has 2 aromatic carbocycles. The molecule has 0 saturated carbocycles. The molecule has 0 radical (unpaired) electrons. The molecule has 19 heavy (non-hydrogen) atoms. The van der Waals surface area contributed by atoms with Gasteiger partial charge >= 0.3 is 6.18 Å². The third-order valence-corrected chi connectivity index (χ3v) is 2.74. The molecule has 1 nitrogen and oxygen atoms in total. The molecule has 2 rings (SSSR count). The second-order valence-corrected chi connectivity index (χ2v) is 4.07. The number of hydrogen-bond donors (Lipinski definition) is 0. The van der Waals surface area contributed by atoms with Crippen molar-refractivity contribution in [2.24, 2.45) is 0 Å². The molecule has 0 aromatic heterocycles. The third kappa shape index (κ3) is 2.93. The topological polar surface area (TPSA) is 23.8 Å². The minimum absolute atomic E-state index is 0.0664. The van der Waals surface area contributed by atoms with Crippen LogP contribution in [-0.2, 0) is 12.7 Å². The molecule has 0 atom stereocenters. The van der Waals surface area contributed by atoms with E-state index in [0.29, 0.717) is 11.1 Å². The Balaban J connectivity index is 2.44. The van der Waals surface area contributed by atoms with E-state index in [1.54, 1.807) is 24.3 Å². The van der Waals surface area contributed by atoms with Gasteiger partial charge in [-0.25, -0.2) is 4.39 Å². The van der Waals surface area contributed by atoms with Gasteiger partial charge in [0.05, 0.1) is 5.56 Å². The second kappa shape index (κ2) is 5.01. The number of alkyl halides is 3. The maximum atomic E-state index is 13.5. The normalized spacial score (nSPS) is 11.6. The molecule has 0 spiro atoms. The summed E-state index contributed by atoms with van der Waals surface area (Å²) in [5, 5.41) is 0. The predicted molar refractivity (Wildman–Crippen MR) is 64.9 cm³/mol. The summed E-state index contributed by atoms with van der Waals surface area (Å²) in [5.41, 5.74) is 7.64. The number of rotatable bonds is 2. The van der Waals surface area contributed by atoms with E-state index >= 15 is 0 Å². The standard InChI is InChI=1S/C14H10F4N/c15-13-7-11(4-5-12(13)14(16,17)18)10-3-1-2-9(6-10)8-19/h1-7,19H,8H2/q-1. The minimum atomic E-state index is -4.69. The van der Waals surface area contributed by atoms with Gasteiger partial charge in [-0.1, -0.05) is 35.9 Å². The van der Waals surface area contributed by atoms with Gasteiger partial charge in [-0.05, 0) is 23.3 Å². The lowest BCUT2D eigenvalue weighted by Gasteiger charge is -2.10. The highest BCUT2D eigenvalue weighted by atomic mass is 19.4. The lowest BCUT2D eigenvalue weighted by Crippen LogP contribution is -2.07. The van der Waals surface area contributed by atoms with Crippen LogP contribution in [0.5, 0.6) is 0 Å². The van der Waals surface area contributed by atoms with E-state index in [1.165, 1.54) is 6.07 Å². The average molecular weight is 268 g/mol. The van der Waals surface area contributed by atoms with Crippen molar-refractivity contribution < 1.29 is 17.6 Å². The van der Waals surface area contributed by atoms with Gasteiger partial charge in [-0.3, -0.25) is 0 Å². The summed E-state index contributed by atoms with van der Waals surface area (Å²) in [5.74, 6) is -1.29. The van der Waals surface area contributed by atoms with E-state index in [4.69, 9.17) is 5.73 Å². The van der Waals surface area contributed by atoms with Crippen LogP contribution in [0.15, 0.2) is 42.5 Å². The van der Waals surface area contributed by atoms with Crippen LogP contribution in [0.4, 0.5) is 17.6 Å². The summed E-state index contributed by atoms with van der Waals surface area (Å²) in [7, 11) is 0. The molecule has 0 aliphatic carbocycles. The fourth-order valence-corrected chi connectivity index (χ4v) is 1.79.